The normalized spacial score (nSPS) is 13.5. The minimum Gasteiger partial charge on any atom is -0.333 e. The average molecular weight is 231 g/mol. The van der Waals surface area contributed by atoms with Crippen molar-refractivity contribution in [2.45, 2.75) is 13.0 Å². The van der Waals surface area contributed by atoms with Crippen LogP contribution in [0.4, 0.5) is 0 Å². The zero-order valence-electron chi connectivity index (χ0n) is 10.0. The van der Waals surface area contributed by atoms with Gasteiger partial charge < -0.3 is 9.88 Å². The zero-order chi connectivity index (χ0) is 11.6. The van der Waals surface area contributed by atoms with Crippen LogP contribution < -0.4 is 5.32 Å². The van der Waals surface area contributed by atoms with Crippen LogP contribution in [0, 0.1) is 6.92 Å². The van der Waals surface area contributed by atoms with E-state index in [0.717, 1.165) is 18.1 Å². The molecular weight excluding hydrogens is 212 g/mol. The van der Waals surface area contributed by atoms with Gasteiger partial charge >= 0.3 is 0 Å². The molecule has 1 rings (SSSR count). The Morgan fingerprint density at radius 3 is 2.47 bits per heavy atom. The monoisotopic (exact) mass is 230 g/mol. The molecular formula is C10H19ClN4. The van der Waals surface area contributed by atoms with Gasteiger partial charge in [0, 0.05) is 13.6 Å². The summed E-state index contributed by atoms with van der Waals surface area (Å²) in [5.74, 6) is 0.943. The topological polar surface area (TPSA) is 33.1 Å². The molecule has 1 N–H and O–H groups in total. The number of nitrogens with one attached hydrogen (secondary N) is 1. The predicted molar refractivity (Wildman–Crippen MR) is 63.3 cm³/mol. The Morgan fingerprint density at radius 2 is 2.13 bits per heavy atom. The maximum absolute atomic E-state index is 6.14. The van der Waals surface area contributed by atoms with Crippen molar-refractivity contribution in [1.82, 2.24) is 19.8 Å². The van der Waals surface area contributed by atoms with Gasteiger partial charge in [-0.25, -0.2) is 4.98 Å². The minimum absolute atomic E-state index is 0.244. The summed E-state index contributed by atoms with van der Waals surface area (Å²) in [5.41, 5.74) is 1.06. The Balaban J connectivity index is 3.10. The molecule has 0 fully saturated rings. The van der Waals surface area contributed by atoms with E-state index >= 15 is 0 Å². The van der Waals surface area contributed by atoms with Gasteiger partial charge in [-0.3, -0.25) is 4.90 Å². The number of aryl methyl sites for hydroxylation is 1. The van der Waals surface area contributed by atoms with Crippen molar-refractivity contribution >= 4 is 11.6 Å². The summed E-state index contributed by atoms with van der Waals surface area (Å²) in [5, 5.41) is 3.77. The minimum atomic E-state index is 0.244. The van der Waals surface area contributed by atoms with Crippen molar-refractivity contribution in [3.8, 4) is 0 Å². The highest BCUT2D eigenvalue weighted by Crippen LogP contribution is 2.25. The van der Waals surface area contributed by atoms with Crippen LogP contribution in [0.2, 0.25) is 5.15 Å². The standard InChI is InChI=1S/C10H19ClN4/c1-7-13-10(11)9(15(7)5)8(6-12-2)14(3)4/h8,12H,6H2,1-5H3. The third-order valence-electron chi connectivity index (χ3n) is 2.65. The first kappa shape index (κ1) is 12.5. The maximum Gasteiger partial charge on any atom is 0.152 e. The van der Waals surface area contributed by atoms with Gasteiger partial charge in [-0.2, -0.15) is 0 Å². The first-order valence-electron chi connectivity index (χ1n) is 4.98. The zero-order valence-corrected chi connectivity index (χ0v) is 10.8. The first-order valence-corrected chi connectivity index (χ1v) is 5.36. The van der Waals surface area contributed by atoms with E-state index in [2.05, 4.69) is 15.2 Å². The molecule has 15 heavy (non-hydrogen) atoms. The molecule has 0 radical (unpaired) electrons. The van der Waals surface area contributed by atoms with E-state index in [9.17, 15) is 0 Å². The van der Waals surface area contributed by atoms with Crippen LogP contribution in [0.5, 0.6) is 0 Å². The average Bonchev–Trinajstić information content (AvgIpc) is 2.38. The van der Waals surface area contributed by atoms with Crippen molar-refractivity contribution in [1.29, 1.82) is 0 Å². The SMILES string of the molecule is CNCC(c1c(Cl)nc(C)n1C)N(C)C. The predicted octanol–water partition coefficient (Wildman–Crippen LogP) is 1.20. The molecule has 0 aliphatic rings. The van der Waals surface area contributed by atoms with Crippen LogP contribution in [-0.2, 0) is 7.05 Å². The van der Waals surface area contributed by atoms with Gasteiger partial charge in [0.15, 0.2) is 5.15 Å². The summed E-state index contributed by atoms with van der Waals surface area (Å²) in [6.07, 6.45) is 0. The lowest BCUT2D eigenvalue weighted by atomic mass is 10.2. The van der Waals surface area contributed by atoms with Crippen molar-refractivity contribution < 1.29 is 0 Å². The number of likely N-dealkylation sites (N-methyl/N-ethyl adjacent to an activating group) is 2. The van der Waals surface area contributed by atoms with Crippen LogP contribution in [0.1, 0.15) is 17.6 Å². The number of halogens is 1. The molecule has 0 saturated heterocycles. The second-order valence-corrected chi connectivity index (χ2v) is 4.29. The summed E-state index contributed by atoms with van der Waals surface area (Å²) in [6, 6.07) is 0.244. The molecule has 0 aliphatic heterocycles. The van der Waals surface area contributed by atoms with Gasteiger partial charge in [0.2, 0.25) is 0 Å². The first-order chi connectivity index (χ1) is 6.99. The van der Waals surface area contributed by atoms with Gasteiger partial charge in [0.25, 0.3) is 0 Å². The fourth-order valence-corrected chi connectivity index (χ4v) is 2.04. The Hall–Kier alpha value is -0.580. The molecule has 4 nitrogen and oxygen atoms in total. The molecule has 1 aromatic rings. The van der Waals surface area contributed by atoms with E-state index in [4.69, 9.17) is 11.6 Å². The van der Waals surface area contributed by atoms with Gasteiger partial charge in [-0.1, -0.05) is 11.6 Å². The molecule has 5 heteroatoms. The summed E-state index contributed by atoms with van der Waals surface area (Å²) in [6.45, 7) is 2.81. The summed E-state index contributed by atoms with van der Waals surface area (Å²) < 4.78 is 2.05. The highest BCUT2D eigenvalue weighted by Gasteiger charge is 2.21. The van der Waals surface area contributed by atoms with Gasteiger partial charge in [-0.05, 0) is 28.1 Å². The lowest BCUT2D eigenvalue weighted by molar-refractivity contribution is 0.283. The molecule has 0 amide bonds. The second-order valence-electron chi connectivity index (χ2n) is 3.93. The molecule has 0 aliphatic carbocycles. The quantitative estimate of drug-likeness (QED) is 0.844. The smallest absolute Gasteiger partial charge is 0.152 e. The lowest BCUT2D eigenvalue weighted by Gasteiger charge is -2.24. The van der Waals surface area contributed by atoms with Crippen molar-refractivity contribution in [3.63, 3.8) is 0 Å². The number of nitrogens with zero attached hydrogens (tertiary/aromatic N) is 3. The molecule has 86 valence electrons. The fraction of sp³-hybridized carbons (Fsp3) is 0.700. The van der Waals surface area contributed by atoms with E-state index in [1.54, 1.807) is 0 Å². The number of rotatable bonds is 4. The number of aromatic nitrogens is 2. The third kappa shape index (κ3) is 2.51. The molecule has 1 unspecified atom stereocenters. The lowest BCUT2D eigenvalue weighted by Crippen LogP contribution is -2.30. The van der Waals surface area contributed by atoms with Crippen molar-refractivity contribution in [3.05, 3.63) is 16.7 Å². The van der Waals surface area contributed by atoms with E-state index in [1.807, 2.05) is 39.7 Å². The van der Waals surface area contributed by atoms with Gasteiger partial charge in [-0.15, -0.1) is 0 Å². The number of hydrogen-bond donors (Lipinski definition) is 1. The highest BCUT2D eigenvalue weighted by atomic mass is 35.5. The van der Waals surface area contributed by atoms with Gasteiger partial charge in [0.05, 0.1) is 11.7 Å². The molecule has 0 saturated carbocycles. The molecule has 0 spiro atoms. The van der Waals surface area contributed by atoms with Crippen molar-refractivity contribution in [2.75, 3.05) is 27.7 Å². The third-order valence-corrected chi connectivity index (χ3v) is 2.93. The largest absolute Gasteiger partial charge is 0.333 e. The van der Waals surface area contributed by atoms with Crippen LogP contribution in [0.25, 0.3) is 0 Å². The fourth-order valence-electron chi connectivity index (χ4n) is 1.67. The Morgan fingerprint density at radius 1 is 1.53 bits per heavy atom. The molecule has 0 aromatic carbocycles. The van der Waals surface area contributed by atoms with Crippen LogP contribution >= 0.6 is 11.6 Å². The van der Waals surface area contributed by atoms with Crippen LogP contribution in [-0.4, -0.2) is 42.1 Å². The second kappa shape index (κ2) is 4.96. The molecule has 0 bridgehead atoms. The molecule has 1 atom stereocenters. The van der Waals surface area contributed by atoms with Crippen molar-refractivity contribution in [2.24, 2.45) is 7.05 Å². The summed E-state index contributed by atoms with van der Waals surface area (Å²) >= 11 is 6.14. The van der Waals surface area contributed by atoms with Crippen LogP contribution in [0.3, 0.4) is 0 Å². The van der Waals surface area contributed by atoms with E-state index < -0.39 is 0 Å². The maximum atomic E-state index is 6.14. The number of hydrogen-bond acceptors (Lipinski definition) is 3. The van der Waals surface area contributed by atoms with Crippen LogP contribution in [0.15, 0.2) is 0 Å². The molecule has 1 heterocycles. The Kier molecular flexibility index (Phi) is 4.13. The Labute approximate surface area is 96.2 Å². The molecule has 1 aromatic heterocycles. The van der Waals surface area contributed by atoms with Gasteiger partial charge in [0.1, 0.15) is 5.82 Å². The number of imidazole rings is 1. The highest BCUT2D eigenvalue weighted by molar-refractivity contribution is 6.30. The van der Waals surface area contributed by atoms with E-state index in [1.165, 1.54) is 0 Å². The van der Waals surface area contributed by atoms with E-state index in [0.29, 0.717) is 5.15 Å². The van der Waals surface area contributed by atoms with E-state index in [-0.39, 0.29) is 6.04 Å². The Bertz CT molecular complexity index is 332. The summed E-state index contributed by atoms with van der Waals surface area (Å²) in [7, 11) is 8.02. The summed E-state index contributed by atoms with van der Waals surface area (Å²) in [4.78, 5) is 6.41.